The van der Waals surface area contributed by atoms with E-state index >= 15 is 0 Å². The van der Waals surface area contributed by atoms with Gasteiger partial charge in [0.25, 0.3) is 5.69 Å². The zero-order valence-electron chi connectivity index (χ0n) is 16.3. The van der Waals surface area contributed by atoms with E-state index in [2.05, 4.69) is 15.5 Å². The van der Waals surface area contributed by atoms with Crippen molar-refractivity contribution in [2.45, 2.75) is 0 Å². The molecule has 1 N–H and O–H groups in total. The topological polar surface area (TPSA) is 85.3 Å². The van der Waals surface area contributed by atoms with Gasteiger partial charge in [0.2, 0.25) is 9.93 Å². The molecule has 0 aliphatic carbocycles. The lowest BCUT2D eigenvalue weighted by molar-refractivity contribution is -0.384. The highest BCUT2D eigenvalue weighted by Crippen LogP contribution is 2.27. The van der Waals surface area contributed by atoms with Crippen molar-refractivity contribution < 1.29 is 4.92 Å². The van der Waals surface area contributed by atoms with Gasteiger partial charge < -0.3 is 0 Å². The monoisotopic (exact) mass is 479 g/mol. The number of non-ortho nitro benzene ring substituents is 1. The van der Waals surface area contributed by atoms with Gasteiger partial charge in [-0.1, -0.05) is 35.1 Å². The summed E-state index contributed by atoms with van der Waals surface area (Å²) >= 11 is 9.06. The van der Waals surface area contributed by atoms with Crippen LogP contribution in [0.15, 0.2) is 83.3 Å². The molecule has 0 unspecified atom stereocenters. The number of hydrogen-bond acceptors (Lipinski definition) is 7. The minimum atomic E-state index is -0.409. The fraction of sp³-hybridized carbons (Fsp3) is 0. The molecular formula is C22H14ClN5O2S2. The lowest BCUT2D eigenvalue weighted by atomic mass is 10.1. The molecule has 0 saturated carbocycles. The molecular weight excluding hydrogens is 466 g/mol. The first kappa shape index (κ1) is 20.4. The van der Waals surface area contributed by atoms with Crippen LogP contribution in [0.3, 0.4) is 0 Å². The number of nitro benzene ring substituents is 1. The van der Waals surface area contributed by atoms with Gasteiger partial charge in [-0.3, -0.25) is 14.7 Å². The van der Waals surface area contributed by atoms with Gasteiger partial charge in [0.15, 0.2) is 0 Å². The van der Waals surface area contributed by atoms with E-state index in [1.165, 1.54) is 34.8 Å². The van der Waals surface area contributed by atoms with Gasteiger partial charge in [-0.05, 0) is 54.1 Å². The Bertz CT molecular complexity index is 1450. The average Bonchev–Trinajstić information content (AvgIpc) is 3.42. The quantitative estimate of drug-likeness (QED) is 0.236. The Morgan fingerprint density at radius 2 is 1.78 bits per heavy atom. The molecule has 0 aliphatic heterocycles. The maximum Gasteiger partial charge on any atom is 0.269 e. The molecule has 158 valence electrons. The normalized spacial score (nSPS) is 11.7. The second-order valence-corrected chi connectivity index (χ2v) is 9.03. The number of nitrogens with zero attached hydrogens (tertiary/aromatic N) is 4. The van der Waals surface area contributed by atoms with Gasteiger partial charge in [0, 0.05) is 28.2 Å². The summed E-state index contributed by atoms with van der Waals surface area (Å²) < 4.78 is 3.05. The van der Waals surface area contributed by atoms with Crippen LogP contribution < -0.4 is 10.2 Å². The fourth-order valence-corrected chi connectivity index (χ4v) is 5.00. The first-order valence-corrected chi connectivity index (χ1v) is 11.5. The van der Waals surface area contributed by atoms with E-state index in [0.717, 1.165) is 27.2 Å². The van der Waals surface area contributed by atoms with Crippen LogP contribution in [0.2, 0.25) is 5.02 Å². The van der Waals surface area contributed by atoms with Crippen LogP contribution in [0.25, 0.3) is 27.2 Å². The molecule has 0 radical (unpaired) electrons. The first-order valence-electron chi connectivity index (χ1n) is 9.45. The second-order valence-electron chi connectivity index (χ2n) is 6.73. The Morgan fingerprint density at radius 3 is 2.50 bits per heavy atom. The number of nitrogens with one attached hydrogen (secondary N) is 1. The van der Waals surface area contributed by atoms with Crippen molar-refractivity contribution in [1.82, 2.24) is 9.55 Å². The van der Waals surface area contributed by atoms with Crippen LogP contribution in [0, 0.1) is 10.1 Å². The molecule has 3 aromatic carbocycles. The van der Waals surface area contributed by atoms with Crippen LogP contribution in [0.5, 0.6) is 0 Å². The number of rotatable bonds is 5. The Kier molecular flexibility index (Phi) is 5.44. The van der Waals surface area contributed by atoms with E-state index < -0.39 is 4.92 Å². The Hall–Kier alpha value is -3.53. The number of benzene rings is 3. The number of fused-ring (bicyclic) bond motifs is 1. The maximum atomic E-state index is 11.0. The van der Waals surface area contributed by atoms with Crippen molar-refractivity contribution in [3.05, 3.63) is 98.1 Å². The number of anilines is 1. The van der Waals surface area contributed by atoms with Gasteiger partial charge in [-0.25, -0.2) is 10.4 Å². The number of hydrogen-bond donors (Lipinski definition) is 1. The smallest absolute Gasteiger partial charge is 0.269 e. The fourth-order valence-electron chi connectivity index (χ4n) is 3.20. The summed E-state index contributed by atoms with van der Waals surface area (Å²) in [7, 11) is 0. The number of para-hydroxylation sites is 1. The highest BCUT2D eigenvalue weighted by Gasteiger charge is 2.13. The molecule has 0 fully saturated rings. The van der Waals surface area contributed by atoms with Crippen LogP contribution in [0.1, 0.15) is 0 Å². The largest absolute Gasteiger partial charge is 0.284 e. The van der Waals surface area contributed by atoms with Crippen molar-refractivity contribution in [2.75, 3.05) is 5.43 Å². The van der Waals surface area contributed by atoms with Gasteiger partial charge in [0.05, 0.1) is 20.8 Å². The minimum Gasteiger partial charge on any atom is -0.284 e. The molecule has 2 heterocycles. The van der Waals surface area contributed by atoms with E-state index in [4.69, 9.17) is 11.6 Å². The first-order chi connectivity index (χ1) is 15.6. The molecule has 10 heteroatoms. The zero-order valence-corrected chi connectivity index (χ0v) is 18.7. The molecule has 0 atom stereocenters. The second kappa shape index (κ2) is 8.54. The van der Waals surface area contributed by atoms with E-state index in [1.807, 2.05) is 58.5 Å². The SMILES string of the molecule is O=[N+]([O-])c1ccc(-c2cs/c(=N/Nc3nc4ccccc4s3)n2-c2ccc(Cl)cc2)cc1. The molecule has 2 aromatic heterocycles. The van der Waals surface area contributed by atoms with Crippen molar-refractivity contribution in [1.29, 1.82) is 0 Å². The van der Waals surface area contributed by atoms with Gasteiger partial charge in [-0.15, -0.1) is 16.4 Å². The highest BCUT2D eigenvalue weighted by molar-refractivity contribution is 7.22. The summed E-state index contributed by atoms with van der Waals surface area (Å²) in [6.45, 7) is 0. The Labute approximate surface area is 195 Å². The van der Waals surface area contributed by atoms with Crippen molar-refractivity contribution in [2.24, 2.45) is 5.10 Å². The van der Waals surface area contributed by atoms with Crippen molar-refractivity contribution >= 4 is 55.3 Å². The third-order valence-electron chi connectivity index (χ3n) is 4.71. The van der Waals surface area contributed by atoms with Gasteiger partial charge in [0.1, 0.15) is 0 Å². The molecule has 0 amide bonds. The van der Waals surface area contributed by atoms with E-state index in [-0.39, 0.29) is 5.69 Å². The van der Waals surface area contributed by atoms with Crippen LogP contribution in [0.4, 0.5) is 10.8 Å². The number of thiazole rings is 2. The summed E-state index contributed by atoms with van der Waals surface area (Å²) in [5.74, 6) is 0. The number of nitro groups is 1. The lowest BCUT2D eigenvalue weighted by Gasteiger charge is -2.09. The van der Waals surface area contributed by atoms with Crippen LogP contribution >= 0.6 is 34.3 Å². The number of aromatic nitrogens is 2. The van der Waals surface area contributed by atoms with Gasteiger partial charge in [-0.2, -0.15) is 0 Å². The Balaban J connectivity index is 1.59. The summed E-state index contributed by atoms with van der Waals surface area (Å²) in [4.78, 5) is 15.9. The Morgan fingerprint density at radius 1 is 1.03 bits per heavy atom. The zero-order chi connectivity index (χ0) is 22.1. The molecule has 0 bridgehead atoms. The van der Waals surface area contributed by atoms with Crippen molar-refractivity contribution in [3.8, 4) is 16.9 Å². The van der Waals surface area contributed by atoms with E-state index in [9.17, 15) is 10.1 Å². The lowest BCUT2D eigenvalue weighted by Crippen LogP contribution is -2.15. The maximum absolute atomic E-state index is 11.0. The highest BCUT2D eigenvalue weighted by atomic mass is 35.5. The third-order valence-corrected chi connectivity index (χ3v) is 6.73. The molecule has 5 aromatic rings. The molecule has 0 saturated heterocycles. The molecule has 5 rings (SSSR count). The van der Waals surface area contributed by atoms with Crippen LogP contribution in [-0.2, 0) is 0 Å². The third kappa shape index (κ3) is 4.01. The standard InChI is InChI=1S/C22H14ClN5O2S2/c23-15-7-11-16(12-8-15)27-19(14-5-9-17(10-6-14)28(29)30)13-31-22(27)26-25-21-24-18-3-1-2-4-20(18)32-21/h1-13H,(H,24,25)/b26-22+. The predicted octanol–water partition coefficient (Wildman–Crippen LogP) is 6.30. The van der Waals surface area contributed by atoms with Gasteiger partial charge >= 0.3 is 0 Å². The molecule has 0 spiro atoms. The van der Waals surface area contributed by atoms with Crippen molar-refractivity contribution in [3.63, 3.8) is 0 Å². The predicted molar refractivity (Wildman–Crippen MR) is 130 cm³/mol. The average molecular weight is 480 g/mol. The minimum absolute atomic E-state index is 0.0458. The molecule has 32 heavy (non-hydrogen) atoms. The molecule has 7 nitrogen and oxygen atoms in total. The van der Waals surface area contributed by atoms with E-state index in [1.54, 1.807) is 12.1 Å². The summed E-state index contributed by atoms with van der Waals surface area (Å²) in [6.07, 6.45) is 0. The summed E-state index contributed by atoms with van der Waals surface area (Å²) in [5, 5.41) is 18.9. The summed E-state index contributed by atoms with van der Waals surface area (Å²) in [5.41, 5.74) is 6.59. The van der Waals surface area contributed by atoms with Crippen LogP contribution in [-0.4, -0.2) is 14.5 Å². The molecule has 0 aliphatic rings. The number of halogens is 1. The van der Waals surface area contributed by atoms with E-state index in [0.29, 0.717) is 15.0 Å². The summed E-state index contributed by atoms with van der Waals surface area (Å²) in [6, 6.07) is 21.8.